The normalized spacial score (nSPS) is 30.9. The van der Waals surface area contributed by atoms with Crippen molar-refractivity contribution in [3.63, 3.8) is 0 Å². The highest BCUT2D eigenvalue weighted by molar-refractivity contribution is 8.76. The average molecular weight is 302 g/mol. The first kappa shape index (κ1) is 15.0. The molecule has 0 saturated carbocycles. The zero-order valence-electron chi connectivity index (χ0n) is 10.8. The van der Waals surface area contributed by atoms with Gasteiger partial charge in [0.2, 0.25) is 5.12 Å². The third-order valence-electron chi connectivity index (χ3n) is 3.04. The van der Waals surface area contributed by atoms with Gasteiger partial charge in [-0.15, -0.1) is 5.92 Å². The third kappa shape index (κ3) is 5.27. The molecular weight excluding hydrogens is 284 g/mol. The quantitative estimate of drug-likeness (QED) is 0.587. The van der Waals surface area contributed by atoms with Crippen LogP contribution in [0.2, 0.25) is 0 Å². The number of carbonyl (C=O) groups excluding carboxylic acids is 1. The van der Waals surface area contributed by atoms with Gasteiger partial charge < -0.3 is 9.47 Å². The van der Waals surface area contributed by atoms with E-state index in [1.165, 1.54) is 0 Å². The zero-order chi connectivity index (χ0) is 13.5. The maximum absolute atomic E-state index is 11.5. The summed E-state index contributed by atoms with van der Waals surface area (Å²) < 4.78 is 22.4. The molecule has 3 unspecified atom stereocenters. The van der Waals surface area contributed by atoms with Gasteiger partial charge in [0.25, 0.3) is 0 Å². The van der Waals surface area contributed by atoms with Crippen LogP contribution in [0.15, 0.2) is 0 Å². The highest BCUT2D eigenvalue weighted by atomic mass is 33.1. The highest BCUT2D eigenvalue weighted by Crippen LogP contribution is 2.30. The summed E-state index contributed by atoms with van der Waals surface area (Å²) in [5.41, 5.74) is 0. The number of hydrogen-bond donors (Lipinski definition) is 0. The van der Waals surface area contributed by atoms with E-state index in [-0.39, 0.29) is 16.7 Å². The number of ether oxygens (including phenoxy) is 2. The van der Waals surface area contributed by atoms with Gasteiger partial charge >= 0.3 is 0 Å². The Labute approximate surface area is 119 Å². The SMILES string of the molecule is O=C1CC(CCC#CCOC2CCCCO2)S(=O)S1. The van der Waals surface area contributed by atoms with Gasteiger partial charge in [-0.05, 0) is 25.7 Å². The Morgan fingerprint density at radius 3 is 3.00 bits per heavy atom. The Morgan fingerprint density at radius 2 is 2.32 bits per heavy atom. The molecule has 4 nitrogen and oxygen atoms in total. The van der Waals surface area contributed by atoms with Gasteiger partial charge in [0.05, 0.1) is 15.1 Å². The molecular formula is C13H18O4S2. The number of carbonyl (C=O) groups is 1. The van der Waals surface area contributed by atoms with Gasteiger partial charge in [-0.3, -0.25) is 4.79 Å². The summed E-state index contributed by atoms with van der Waals surface area (Å²) in [7, 11) is -0.0942. The van der Waals surface area contributed by atoms with Crippen LogP contribution in [0.1, 0.15) is 38.5 Å². The van der Waals surface area contributed by atoms with Crippen LogP contribution >= 0.6 is 10.8 Å². The maximum atomic E-state index is 11.5. The molecule has 2 saturated heterocycles. The molecule has 0 spiro atoms. The zero-order valence-corrected chi connectivity index (χ0v) is 12.4. The highest BCUT2D eigenvalue weighted by Gasteiger charge is 2.30. The third-order valence-corrected chi connectivity index (χ3v) is 6.37. The van der Waals surface area contributed by atoms with E-state index in [4.69, 9.17) is 9.47 Å². The summed E-state index contributed by atoms with van der Waals surface area (Å²) in [6.45, 7) is 1.16. The molecule has 6 heteroatoms. The smallest absolute Gasteiger partial charge is 0.202 e. The minimum Gasteiger partial charge on any atom is -0.353 e. The molecule has 19 heavy (non-hydrogen) atoms. The van der Waals surface area contributed by atoms with Gasteiger partial charge in [0, 0.05) is 30.2 Å². The standard InChI is InChI=1S/C13H18O4S2/c14-12-10-11(19(15)18-12)6-2-1-4-8-16-13-7-3-5-9-17-13/h11,13H,2-3,5-10H2. The second-order valence-electron chi connectivity index (χ2n) is 4.54. The molecule has 0 N–H and O–H groups in total. The Hall–Kier alpha value is -0.350. The summed E-state index contributed by atoms with van der Waals surface area (Å²) in [5, 5.41) is 0.0171. The van der Waals surface area contributed by atoms with Gasteiger partial charge in [0.15, 0.2) is 6.29 Å². The van der Waals surface area contributed by atoms with Crippen LogP contribution in [-0.4, -0.2) is 34.1 Å². The first-order valence-electron chi connectivity index (χ1n) is 6.56. The van der Waals surface area contributed by atoms with Crippen LogP contribution in [-0.2, 0) is 24.1 Å². The first-order valence-corrected chi connectivity index (χ1v) is 9.11. The molecule has 0 aliphatic carbocycles. The van der Waals surface area contributed by atoms with E-state index in [1.54, 1.807) is 0 Å². The minimum atomic E-state index is -1.05. The molecule has 2 rings (SSSR count). The molecule has 2 fully saturated rings. The molecule has 2 heterocycles. The molecule has 0 bridgehead atoms. The first-order chi connectivity index (χ1) is 9.25. The van der Waals surface area contributed by atoms with E-state index in [9.17, 15) is 9.00 Å². The largest absolute Gasteiger partial charge is 0.353 e. The van der Waals surface area contributed by atoms with Crippen molar-refractivity contribution >= 4 is 25.7 Å². The summed E-state index contributed by atoms with van der Waals surface area (Å²) in [6, 6.07) is 0. The average Bonchev–Trinajstić information content (AvgIpc) is 2.73. The van der Waals surface area contributed by atoms with E-state index in [2.05, 4.69) is 11.8 Å². The topological polar surface area (TPSA) is 52.6 Å². The predicted molar refractivity (Wildman–Crippen MR) is 75.7 cm³/mol. The Morgan fingerprint density at radius 1 is 1.42 bits per heavy atom. The molecule has 0 aromatic heterocycles. The molecule has 106 valence electrons. The van der Waals surface area contributed by atoms with Crippen molar-refractivity contribution < 1.29 is 18.5 Å². The van der Waals surface area contributed by atoms with Crippen LogP contribution in [0, 0.1) is 11.8 Å². The van der Waals surface area contributed by atoms with Crippen molar-refractivity contribution in [1.29, 1.82) is 0 Å². The fraction of sp³-hybridized carbons (Fsp3) is 0.769. The van der Waals surface area contributed by atoms with Crippen LogP contribution < -0.4 is 0 Å². The lowest BCUT2D eigenvalue weighted by atomic mass is 10.2. The molecule has 0 amide bonds. The fourth-order valence-corrected chi connectivity index (χ4v) is 4.94. The number of rotatable bonds is 4. The van der Waals surface area contributed by atoms with E-state index in [1.807, 2.05) is 0 Å². The van der Waals surface area contributed by atoms with Crippen molar-refractivity contribution in [3.05, 3.63) is 0 Å². The molecule has 0 aromatic carbocycles. The van der Waals surface area contributed by atoms with Gasteiger partial charge in [-0.2, -0.15) is 0 Å². The second-order valence-corrected chi connectivity index (χ2v) is 7.84. The van der Waals surface area contributed by atoms with E-state index in [0.29, 0.717) is 19.4 Å². The molecule has 3 atom stereocenters. The predicted octanol–water partition coefficient (Wildman–Crippen LogP) is 2.01. The van der Waals surface area contributed by atoms with Crippen molar-refractivity contribution in [3.8, 4) is 11.8 Å². The lowest BCUT2D eigenvalue weighted by Crippen LogP contribution is -2.22. The Kier molecular flexibility index (Phi) is 6.38. The van der Waals surface area contributed by atoms with E-state index >= 15 is 0 Å². The maximum Gasteiger partial charge on any atom is 0.202 e. The van der Waals surface area contributed by atoms with Crippen molar-refractivity contribution in [2.45, 2.75) is 50.1 Å². The lowest BCUT2D eigenvalue weighted by Gasteiger charge is -2.21. The summed E-state index contributed by atoms with van der Waals surface area (Å²) in [6.07, 6.45) is 4.92. The van der Waals surface area contributed by atoms with Gasteiger partial charge in [-0.25, -0.2) is 4.21 Å². The molecule has 0 aromatic rings. The van der Waals surface area contributed by atoms with E-state index in [0.717, 1.165) is 43.1 Å². The van der Waals surface area contributed by atoms with Crippen LogP contribution in [0.25, 0.3) is 0 Å². The Balaban J connectivity index is 1.57. The van der Waals surface area contributed by atoms with Crippen molar-refractivity contribution in [2.24, 2.45) is 0 Å². The Bertz CT molecular complexity index is 393. The van der Waals surface area contributed by atoms with Gasteiger partial charge in [-0.1, -0.05) is 5.92 Å². The lowest BCUT2D eigenvalue weighted by molar-refractivity contribution is -0.154. The summed E-state index contributed by atoms with van der Waals surface area (Å²) >= 11 is 0. The van der Waals surface area contributed by atoms with Crippen molar-refractivity contribution in [1.82, 2.24) is 0 Å². The summed E-state index contributed by atoms with van der Waals surface area (Å²) in [5.74, 6) is 5.94. The minimum absolute atomic E-state index is 0.0191. The second kappa shape index (κ2) is 8.05. The van der Waals surface area contributed by atoms with Crippen molar-refractivity contribution in [2.75, 3.05) is 13.2 Å². The summed E-state index contributed by atoms with van der Waals surface area (Å²) in [4.78, 5) is 11.1. The fourth-order valence-electron chi connectivity index (χ4n) is 2.00. The van der Waals surface area contributed by atoms with Gasteiger partial charge in [0.1, 0.15) is 6.61 Å². The molecule has 2 aliphatic heterocycles. The monoisotopic (exact) mass is 302 g/mol. The molecule has 2 aliphatic rings. The van der Waals surface area contributed by atoms with Crippen LogP contribution in [0.3, 0.4) is 0 Å². The molecule has 0 radical (unpaired) electrons. The van der Waals surface area contributed by atoms with Crippen LogP contribution in [0.5, 0.6) is 0 Å². The van der Waals surface area contributed by atoms with E-state index < -0.39 is 9.83 Å². The number of hydrogen-bond acceptors (Lipinski definition) is 5. The van der Waals surface area contributed by atoms with Crippen LogP contribution in [0.4, 0.5) is 0 Å².